The van der Waals surface area contributed by atoms with Crippen molar-refractivity contribution in [1.82, 2.24) is 19.3 Å². The van der Waals surface area contributed by atoms with Crippen molar-refractivity contribution in [3.63, 3.8) is 0 Å². The molecule has 0 unspecified atom stereocenters. The molecule has 2 aromatic heterocycles. The molecule has 1 aliphatic heterocycles. The summed E-state index contributed by atoms with van der Waals surface area (Å²) in [4.78, 5) is 12.0. The van der Waals surface area contributed by atoms with Crippen LogP contribution in [0.15, 0.2) is 52.9 Å². The van der Waals surface area contributed by atoms with Crippen LogP contribution in [0, 0.1) is 0 Å². The van der Waals surface area contributed by atoms with E-state index < -0.39 is 16.0 Å². The van der Waals surface area contributed by atoms with Gasteiger partial charge in [-0.15, -0.1) is 16.4 Å². The number of hydrogen-bond acceptors (Lipinski definition) is 7. The zero-order valence-corrected chi connectivity index (χ0v) is 16.7. The lowest BCUT2D eigenvalue weighted by atomic mass is 10.2. The number of carbonyl (C=O) groups is 1. The quantitative estimate of drug-likeness (QED) is 0.591. The van der Waals surface area contributed by atoms with E-state index in [2.05, 4.69) is 10.3 Å². The summed E-state index contributed by atoms with van der Waals surface area (Å²) >= 11 is 1.06. The largest absolute Gasteiger partial charge is 0.465 e. The Labute approximate surface area is 166 Å². The van der Waals surface area contributed by atoms with E-state index in [0.717, 1.165) is 22.6 Å². The molecule has 0 radical (unpaired) electrons. The third-order valence-corrected chi connectivity index (χ3v) is 7.63. The number of ether oxygens (including phenoxy) is 1. The lowest BCUT2D eigenvalue weighted by Crippen LogP contribution is -2.30. The lowest BCUT2D eigenvalue weighted by molar-refractivity contribution is 0.0602. The Bertz CT molecular complexity index is 1090. The molecular weight excluding hydrogens is 400 g/mol. The number of esters is 1. The van der Waals surface area contributed by atoms with Gasteiger partial charge < -0.3 is 4.74 Å². The van der Waals surface area contributed by atoms with Crippen molar-refractivity contribution >= 4 is 27.3 Å². The van der Waals surface area contributed by atoms with Gasteiger partial charge in [-0.1, -0.05) is 35.5 Å². The fourth-order valence-corrected chi connectivity index (χ4v) is 6.02. The van der Waals surface area contributed by atoms with Crippen molar-refractivity contribution in [2.45, 2.75) is 17.4 Å². The van der Waals surface area contributed by atoms with Crippen molar-refractivity contribution in [3.05, 3.63) is 52.9 Å². The predicted molar refractivity (Wildman–Crippen MR) is 104 cm³/mol. The van der Waals surface area contributed by atoms with Crippen LogP contribution >= 0.6 is 11.3 Å². The minimum Gasteiger partial charge on any atom is -0.465 e. The Balaban J connectivity index is 1.54. The summed E-state index contributed by atoms with van der Waals surface area (Å²) in [6.07, 6.45) is 2.45. The third-order valence-electron chi connectivity index (χ3n) is 4.70. The molecule has 3 aromatic rings. The lowest BCUT2D eigenvalue weighted by Gasteiger charge is -2.16. The standard InChI is InChI=1S/C18H18N4O4S2/c1-26-18(23)17-16(8-10-27-17)28(24,25)21-9-7-14(11-21)22-12-15(19-20-22)13-5-3-2-4-6-13/h2-6,8,10,12,14H,7,9,11H2,1H3/t14-/m1/s1. The number of carbonyl (C=O) groups excluding carboxylic acids is 1. The number of sulfonamides is 1. The highest BCUT2D eigenvalue weighted by molar-refractivity contribution is 7.89. The maximum Gasteiger partial charge on any atom is 0.349 e. The van der Waals surface area contributed by atoms with Gasteiger partial charge in [-0.2, -0.15) is 4.31 Å². The molecule has 10 heteroatoms. The highest BCUT2D eigenvalue weighted by Gasteiger charge is 2.36. The molecule has 0 saturated carbocycles. The second-order valence-electron chi connectivity index (χ2n) is 6.36. The van der Waals surface area contributed by atoms with Crippen molar-refractivity contribution in [2.24, 2.45) is 0 Å². The summed E-state index contributed by atoms with van der Waals surface area (Å²) in [5.74, 6) is -0.645. The maximum absolute atomic E-state index is 13.0. The van der Waals surface area contributed by atoms with E-state index in [9.17, 15) is 13.2 Å². The molecule has 1 fully saturated rings. The second kappa shape index (κ2) is 7.46. The van der Waals surface area contributed by atoms with E-state index in [-0.39, 0.29) is 22.4 Å². The maximum atomic E-state index is 13.0. The predicted octanol–water partition coefficient (Wildman–Crippen LogP) is 2.43. The van der Waals surface area contributed by atoms with Gasteiger partial charge in [0.05, 0.1) is 19.3 Å². The first-order valence-corrected chi connectivity index (χ1v) is 11.0. The SMILES string of the molecule is COC(=O)c1sccc1S(=O)(=O)N1CC[C@@H](n2cc(-c3ccccc3)nn2)C1. The van der Waals surface area contributed by atoms with Crippen LogP contribution in [0.2, 0.25) is 0 Å². The summed E-state index contributed by atoms with van der Waals surface area (Å²) in [5.41, 5.74) is 1.70. The Morgan fingerprint density at radius 1 is 1.25 bits per heavy atom. The normalized spacial score (nSPS) is 17.7. The highest BCUT2D eigenvalue weighted by atomic mass is 32.2. The van der Waals surface area contributed by atoms with Gasteiger partial charge in [0.15, 0.2) is 0 Å². The first-order chi connectivity index (χ1) is 13.5. The minimum absolute atomic E-state index is 0.00596. The molecule has 28 heavy (non-hydrogen) atoms. The highest BCUT2D eigenvalue weighted by Crippen LogP contribution is 2.31. The fourth-order valence-electron chi connectivity index (χ4n) is 3.22. The molecule has 146 valence electrons. The first kappa shape index (κ1) is 18.8. The number of benzene rings is 1. The molecule has 1 atom stereocenters. The molecule has 1 aromatic carbocycles. The molecule has 8 nitrogen and oxygen atoms in total. The molecule has 3 heterocycles. The molecule has 0 aliphatic carbocycles. The van der Waals surface area contributed by atoms with Crippen LogP contribution in [0.1, 0.15) is 22.1 Å². The van der Waals surface area contributed by atoms with E-state index in [1.54, 1.807) is 10.1 Å². The second-order valence-corrected chi connectivity index (χ2v) is 9.18. The molecule has 0 spiro atoms. The van der Waals surface area contributed by atoms with Crippen LogP contribution in [0.4, 0.5) is 0 Å². The molecule has 1 saturated heterocycles. The number of aromatic nitrogens is 3. The fraction of sp³-hybridized carbons (Fsp3) is 0.278. The third kappa shape index (κ3) is 3.34. The summed E-state index contributed by atoms with van der Waals surface area (Å²) in [6, 6.07) is 11.0. The minimum atomic E-state index is -3.79. The van der Waals surface area contributed by atoms with Crippen LogP contribution in [0.25, 0.3) is 11.3 Å². The van der Waals surface area contributed by atoms with Crippen LogP contribution in [-0.4, -0.2) is 53.9 Å². The van der Waals surface area contributed by atoms with Crippen LogP contribution in [0.3, 0.4) is 0 Å². The Kier molecular flexibility index (Phi) is 5.00. The average Bonchev–Trinajstić information content (AvgIpc) is 3.47. The van der Waals surface area contributed by atoms with E-state index in [1.165, 1.54) is 17.5 Å². The molecule has 0 N–H and O–H groups in total. The molecular formula is C18H18N4O4S2. The van der Waals surface area contributed by atoms with E-state index in [4.69, 9.17) is 4.74 Å². The van der Waals surface area contributed by atoms with Gasteiger partial charge in [-0.3, -0.25) is 0 Å². The van der Waals surface area contributed by atoms with Gasteiger partial charge in [-0.05, 0) is 17.9 Å². The smallest absolute Gasteiger partial charge is 0.349 e. The van der Waals surface area contributed by atoms with Gasteiger partial charge >= 0.3 is 5.97 Å². The monoisotopic (exact) mass is 418 g/mol. The van der Waals surface area contributed by atoms with E-state index in [1.807, 2.05) is 36.5 Å². The zero-order valence-electron chi connectivity index (χ0n) is 15.1. The van der Waals surface area contributed by atoms with E-state index >= 15 is 0 Å². The Hall–Kier alpha value is -2.56. The van der Waals surface area contributed by atoms with Gasteiger partial charge in [-0.25, -0.2) is 17.9 Å². The van der Waals surface area contributed by atoms with E-state index in [0.29, 0.717) is 13.0 Å². The first-order valence-electron chi connectivity index (χ1n) is 8.64. The van der Waals surface area contributed by atoms with Crippen molar-refractivity contribution in [2.75, 3.05) is 20.2 Å². The Morgan fingerprint density at radius 2 is 2.04 bits per heavy atom. The molecule has 0 amide bonds. The zero-order chi connectivity index (χ0) is 19.7. The summed E-state index contributed by atoms with van der Waals surface area (Å²) in [5, 5.41) is 9.97. The number of methoxy groups -OCH3 is 1. The van der Waals surface area contributed by atoms with Gasteiger partial charge in [0, 0.05) is 18.7 Å². The number of thiophene rings is 1. The van der Waals surface area contributed by atoms with Gasteiger partial charge in [0.25, 0.3) is 0 Å². The van der Waals surface area contributed by atoms with Crippen LogP contribution in [0.5, 0.6) is 0 Å². The van der Waals surface area contributed by atoms with Gasteiger partial charge in [0.1, 0.15) is 15.5 Å². The van der Waals surface area contributed by atoms with Gasteiger partial charge in [0.2, 0.25) is 10.0 Å². The molecule has 4 rings (SSSR count). The average molecular weight is 419 g/mol. The molecule has 0 bridgehead atoms. The van der Waals surface area contributed by atoms with Crippen LogP contribution < -0.4 is 0 Å². The van der Waals surface area contributed by atoms with Crippen LogP contribution in [-0.2, 0) is 14.8 Å². The van der Waals surface area contributed by atoms with Crippen molar-refractivity contribution in [3.8, 4) is 11.3 Å². The number of hydrogen-bond donors (Lipinski definition) is 0. The number of rotatable bonds is 5. The van der Waals surface area contributed by atoms with Crippen molar-refractivity contribution < 1.29 is 17.9 Å². The Morgan fingerprint density at radius 3 is 2.79 bits per heavy atom. The van der Waals surface area contributed by atoms with Crippen molar-refractivity contribution in [1.29, 1.82) is 0 Å². The summed E-state index contributed by atoms with van der Waals surface area (Å²) in [6.45, 7) is 0.625. The number of nitrogens with zero attached hydrogens (tertiary/aromatic N) is 4. The summed E-state index contributed by atoms with van der Waals surface area (Å²) in [7, 11) is -2.55. The summed E-state index contributed by atoms with van der Waals surface area (Å²) < 4.78 is 33.8. The topological polar surface area (TPSA) is 94.4 Å². The molecule has 1 aliphatic rings.